The molecule has 2 unspecified atom stereocenters. The molecule has 0 spiro atoms. The standard InChI is InChI=1S/C20H27N5O5/c1-11-4-5-24(9-11)20(28)14-8-21-18(22-14)15-6-13(26)10-25(15)19(27)12(2)16-7-17(29-3)23-30-16/h7-8,11-13,15,26H,4-6,9-10H2,1-3H3,(H,21,22)/t11?,12?,13-,15+/m1/s1. The molecule has 2 aromatic heterocycles. The van der Waals surface area contributed by atoms with Crippen molar-refractivity contribution in [2.24, 2.45) is 5.92 Å². The smallest absolute Gasteiger partial charge is 0.274 e. The number of hydrogen-bond donors (Lipinski definition) is 2. The highest BCUT2D eigenvalue weighted by Crippen LogP contribution is 2.34. The van der Waals surface area contributed by atoms with Crippen molar-refractivity contribution in [2.75, 3.05) is 26.7 Å². The Hall–Kier alpha value is -2.88. The number of aromatic nitrogens is 3. The number of nitrogens with zero attached hydrogens (tertiary/aromatic N) is 4. The van der Waals surface area contributed by atoms with E-state index >= 15 is 0 Å². The van der Waals surface area contributed by atoms with E-state index in [1.165, 1.54) is 7.11 Å². The van der Waals surface area contributed by atoms with Gasteiger partial charge in [0.1, 0.15) is 11.5 Å². The lowest BCUT2D eigenvalue weighted by Crippen LogP contribution is -2.35. The highest BCUT2D eigenvalue weighted by atomic mass is 16.5. The molecule has 0 aliphatic carbocycles. The van der Waals surface area contributed by atoms with Crippen LogP contribution in [0.15, 0.2) is 16.8 Å². The van der Waals surface area contributed by atoms with Gasteiger partial charge in [0.05, 0.1) is 25.2 Å². The van der Waals surface area contributed by atoms with Crippen LogP contribution in [0.3, 0.4) is 0 Å². The van der Waals surface area contributed by atoms with Crippen molar-refractivity contribution in [1.82, 2.24) is 24.9 Å². The molecule has 2 saturated heterocycles. The van der Waals surface area contributed by atoms with E-state index < -0.39 is 18.1 Å². The first-order valence-electron chi connectivity index (χ1n) is 10.2. The molecule has 30 heavy (non-hydrogen) atoms. The Morgan fingerprint density at radius 2 is 2.20 bits per heavy atom. The molecule has 2 aromatic rings. The average Bonchev–Trinajstić information content (AvgIpc) is 3.51. The number of imidazole rings is 1. The molecule has 0 bridgehead atoms. The van der Waals surface area contributed by atoms with Crippen LogP contribution < -0.4 is 4.74 Å². The summed E-state index contributed by atoms with van der Waals surface area (Å²) in [7, 11) is 1.47. The van der Waals surface area contributed by atoms with Gasteiger partial charge in [0.15, 0.2) is 5.76 Å². The number of aliphatic hydroxyl groups is 1. The van der Waals surface area contributed by atoms with Crippen LogP contribution in [0.1, 0.15) is 60.7 Å². The van der Waals surface area contributed by atoms with Gasteiger partial charge in [-0.1, -0.05) is 6.92 Å². The second kappa shape index (κ2) is 8.10. The first-order chi connectivity index (χ1) is 14.4. The Kier molecular flexibility index (Phi) is 5.50. The van der Waals surface area contributed by atoms with Crippen LogP contribution in [0.5, 0.6) is 5.88 Å². The number of aromatic amines is 1. The van der Waals surface area contributed by atoms with Crippen molar-refractivity contribution in [3.8, 4) is 5.88 Å². The maximum Gasteiger partial charge on any atom is 0.274 e. The molecule has 0 aromatic carbocycles. The van der Waals surface area contributed by atoms with Gasteiger partial charge in [-0.3, -0.25) is 9.59 Å². The van der Waals surface area contributed by atoms with Crippen LogP contribution in [0.25, 0.3) is 0 Å². The summed E-state index contributed by atoms with van der Waals surface area (Å²) in [5.41, 5.74) is 0.334. The molecule has 2 aliphatic heterocycles. The van der Waals surface area contributed by atoms with Crippen molar-refractivity contribution in [3.63, 3.8) is 0 Å². The molecule has 4 heterocycles. The lowest BCUT2D eigenvalue weighted by Gasteiger charge is -2.25. The zero-order valence-electron chi connectivity index (χ0n) is 17.4. The van der Waals surface area contributed by atoms with E-state index in [1.807, 2.05) is 0 Å². The number of amides is 2. The Morgan fingerprint density at radius 3 is 2.87 bits per heavy atom. The van der Waals surface area contributed by atoms with Gasteiger partial charge in [-0.2, -0.15) is 0 Å². The SMILES string of the molecule is COc1cc(C(C)C(=O)N2C[C@H](O)C[C@H]2c2nc(C(=O)N3CCC(C)C3)c[nH]2)on1. The normalized spacial score (nSPS) is 25.0. The molecule has 4 atom stereocenters. The maximum atomic E-state index is 13.1. The first kappa shape index (κ1) is 20.4. The number of likely N-dealkylation sites (tertiary alicyclic amines) is 2. The van der Waals surface area contributed by atoms with Crippen molar-refractivity contribution >= 4 is 11.8 Å². The maximum absolute atomic E-state index is 13.1. The van der Waals surface area contributed by atoms with Crippen molar-refractivity contribution < 1.29 is 24.0 Å². The molecular formula is C20H27N5O5. The molecule has 2 N–H and O–H groups in total. The van der Waals surface area contributed by atoms with E-state index in [0.717, 1.165) is 19.5 Å². The summed E-state index contributed by atoms with van der Waals surface area (Å²) in [5.74, 6) is 0.743. The van der Waals surface area contributed by atoms with E-state index in [9.17, 15) is 14.7 Å². The van der Waals surface area contributed by atoms with Crippen LogP contribution in [0.4, 0.5) is 0 Å². The topological polar surface area (TPSA) is 125 Å². The second-order valence-electron chi connectivity index (χ2n) is 8.21. The van der Waals surface area contributed by atoms with Gasteiger partial charge in [-0.05, 0) is 24.4 Å². The first-order valence-corrected chi connectivity index (χ1v) is 10.2. The van der Waals surface area contributed by atoms with Gasteiger partial charge in [0, 0.05) is 38.3 Å². The molecule has 2 fully saturated rings. The van der Waals surface area contributed by atoms with Crippen LogP contribution in [-0.2, 0) is 4.79 Å². The number of nitrogens with one attached hydrogen (secondary N) is 1. The Bertz CT molecular complexity index is 924. The second-order valence-corrected chi connectivity index (χ2v) is 8.21. The quantitative estimate of drug-likeness (QED) is 0.752. The van der Waals surface area contributed by atoms with Crippen molar-refractivity contribution in [3.05, 3.63) is 29.5 Å². The summed E-state index contributed by atoms with van der Waals surface area (Å²) in [6.45, 7) is 5.49. The molecule has 10 nitrogen and oxygen atoms in total. The van der Waals surface area contributed by atoms with Crippen molar-refractivity contribution in [2.45, 2.75) is 44.8 Å². The molecule has 2 aliphatic rings. The van der Waals surface area contributed by atoms with Crippen molar-refractivity contribution in [1.29, 1.82) is 0 Å². The summed E-state index contributed by atoms with van der Waals surface area (Å²) in [5, 5.41) is 14.0. The minimum absolute atomic E-state index is 0.111. The highest BCUT2D eigenvalue weighted by molar-refractivity contribution is 5.92. The van der Waals surface area contributed by atoms with E-state index in [-0.39, 0.29) is 18.4 Å². The van der Waals surface area contributed by atoms with Gasteiger partial charge in [-0.25, -0.2) is 4.98 Å². The van der Waals surface area contributed by atoms with Gasteiger partial charge < -0.3 is 29.2 Å². The molecule has 2 amide bonds. The lowest BCUT2D eigenvalue weighted by molar-refractivity contribution is -0.134. The summed E-state index contributed by atoms with van der Waals surface area (Å²) in [6.07, 6.45) is 2.25. The van der Waals surface area contributed by atoms with E-state index in [2.05, 4.69) is 22.0 Å². The van der Waals surface area contributed by atoms with Gasteiger partial charge in [-0.15, -0.1) is 0 Å². The molecule has 162 valence electrons. The molecule has 10 heteroatoms. The fraction of sp³-hybridized carbons (Fsp3) is 0.600. The molecule has 4 rings (SSSR count). The third-order valence-corrected chi connectivity index (χ3v) is 5.92. The fourth-order valence-electron chi connectivity index (χ4n) is 4.16. The monoisotopic (exact) mass is 417 g/mol. The Labute approximate surface area is 174 Å². The number of hydrogen-bond acceptors (Lipinski definition) is 7. The number of rotatable bonds is 5. The predicted molar refractivity (Wildman–Crippen MR) is 105 cm³/mol. The summed E-state index contributed by atoms with van der Waals surface area (Å²) < 4.78 is 10.2. The third kappa shape index (κ3) is 3.79. The van der Waals surface area contributed by atoms with Gasteiger partial charge in [0.2, 0.25) is 5.91 Å². The number of H-pyrrole nitrogens is 1. The third-order valence-electron chi connectivity index (χ3n) is 5.92. The summed E-state index contributed by atoms with van der Waals surface area (Å²) >= 11 is 0. The fourth-order valence-corrected chi connectivity index (χ4v) is 4.16. The number of carbonyl (C=O) groups excluding carboxylic acids is 2. The zero-order chi connectivity index (χ0) is 21.4. The Morgan fingerprint density at radius 1 is 1.40 bits per heavy atom. The van der Waals surface area contributed by atoms with E-state index in [0.29, 0.717) is 35.5 Å². The van der Waals surface area contributed by atoms with Crippen LogP contribution in [0.2, 0.25) is 0 Å². The van der Waals surface area contributed by atoms with Crippen LogP contribution in [-0.4, -0.2) is 74.7 Å². The molecular weight excluding hydrogens is 390 g/mol. The lowest BCUT2D eigenvalue weighted by atomic mass is 10.1. The average molecular weight is 417 g/mol. The zero-order valence-corrected chi connectivity index (χ0v) is 17.4. The number of carbonyl (C=O) groups is 2. The van der Waals surface area contributed by atoms with E-state index in [1.54, 1.807) is 29.0 Å². The predicted octanol–water partition coefficient (Wildman–Crippen LogP) is 1.33. The minimum Gasteiger partial charge on any atom is -0.479 e. The molecule has 0 saturated carbocycles. The summed E-state index contributed by atoms with van der Waals surface area (Å²) in [6, 6.07) is 1.13. The number of methoxy groups -OCH3 is 1. The van der Waals surface area contributed by atoms with E-state index in [4.69, 9.17) is 9.26 Å². The number of aliphatic hydroxyl groups excluding tert-OH is 1. The highest BCUT2D eigenvalue weighted by Gasteiger charge is 2.40. The molecule has 0 radical (unpaired) electrons. The van der Waals surface area contributed by atoms with Gasteiger partial charge in [0.25, 0.3) is 11.8 Å². The Balaban J connectivity index is 1.51. The minimum atomic E-state index is -0.668. The van der Waals surface area contributed by atoms with Crippen LogP contribution >= 0.6 is 0 Å². The summed E-state index contributed by atoms with van der Waals surface area (Å²) in [4.78, 5) is 36.7. The van der Waals surface area contributed by atoms with Gasteiger partial charge >= 0.3 is 0 Å². The largest absolute Gasteiger partial charge is 0.479 e. The van der Waals surface area contributed by atoms with Crippen LogP contribution in [0, 0.1) is 5.92 Å². The number of β-amino-alcohol motifs (C(OH)–C–C–N with tert-alkyl or cyclic N) is 1. The number of ether oxygens (including phenoxy) is 1.